The maximum atomic E-state index is 13.1. The van der Waals surface area contributed by atoms with E-state index in [9.17, 15) is 4.79 Å². The summed E-state index contributed by atoms with van der Waals surface area (Å²) in [5.41, 5.74) is 4.12. The molecule has 2 heterocycles. The lowest BCUT2D eigenvalue weighted by atomic mass is 9.94. The number of H-pyrrole nitrogens is 1. The van der Waals surface area contributed by atoms with Gasteiger partial charge in [0.25, 0.3) is 0 Å². The van der Waals surface area contributed by atoms with E-state index in [-0.39, 0.29) is 17.9 Å². The first-order chi connectivity index (χ1) is 13.5. The second-order valence-electron chi connectivity index (χ2n) is 7.72. The number of carbonyl (C=O) groups is 1. The maximum Gasteiger partial charge on any atom is 0.232 e. The third-order valence-electron chi connectivity index (χ3n) is 5.74. The van der Waals surface area contributed by atoms with Gasteiger partial charge in [-0.1, -0.05) is 31.2 Å². The molecule has 6 nitrogen and oxygen atoms in total. The molecular weight excluding hydrogens is 350 g/mol. The molecule has 1 aliphatic carbocycles. The van der Waals surface area contributed by atoms with Crippen molar-refractivity contribution >= 4 is 29.2 Å². The molecule has 2 aromatic rings. The monoisotopic (exact) mass is 375 g/mol. The molecule has 3 unspecified atom stereocenters. The molecule has 2 fully saturated rings. The number of rotatable bonds is 7. The Morgan fingerprint density at radius 1 is 1.32 bits per heavy atom. The Balaban J connectivity index is 1.52. The number of amides is 1. The lowest BCUT2D eigenvalue weighted by Gasteiger charge is -2.18. The molecule has 4 rings (SSSR count). The van der Waals surface area contributed by atoms with E-state index in [2.05, 4.69) is 41.4 Å². The van der Waals surface area contributed by atoms with Crippen LogP contribution in [-0.2, 0) is 17.6 Å². The molecule has 1 aromatic heterocycles. The standard InChI is InChI=1S/C22H25N5O/c1-3-14-4-6-15(7-5-14)9-18-17-10-20(17)27(22(18)28)21-11-19(25-26-21)16(12-23)8-13(2)24/h4-8,11-12,17-18,20,23-24H,3,9-10H2,1-2H3,(H,25,26)/b16-8+,23-12?,24-13?. The molecule has 28 heavy (non-hydrogen) atoms. The molecular formula is C22H25N5O. The molecule has 3 atom stereocenters. The van der Waals surface area contributed by atoms with E-state index in [4.69, 9.17) is 10.8 Å². The van der Waals surface area contributed by atoms with Gasteiger partial charge in [0.2, 0.25) is 5.91 Å². The quantitative estimate of drug-likeness (QED) is 0.644. The van der Waals surface area contributed by atoms with Gasteiger partial charge in [-0.25, -0.2) is 0 Å². The number of piperidine rings is 1. The highest BCUT2D eigenvalue weighted by Gasteiger charge is 2.59. The van der Waals surface area contributed by atoms with Crippen molar-refractivity contribution in [2.75, 3.05) is 4.90 Å². The van der Waals surface area contributed by atoms with Crippen LogP contribution in [0.3, 0.4) is 0 Å². The summed E-state index contributed by atoms with van der Waals surface area (Å²) in [6.45, 7) is 3.81. The normalized spacial score (nSPS) is 23.6. The van der Waals surface area contributed by atoms with Gasteiger partial charge in [-0.2, -0.15) is 5.10 Å². The number of allylic oxidation sites excluding steroid dienone is 2. The van der Waals surface area contributed by atoms with Gasteiger partial charge < -0.3 is 10.8 Å². The van der Waals surface area contributed by atoms with E-state index >= 15 is 0 Å². The van der Waals surface area contributed by atoms with Crippen LogP contribution in [0.2, 0.25) is 0 Å². The number of fused-ring (bicyclic) bond motifs is 1. The van der Waals surface area contributed by atoms with Crippen molar-refractivity contribution in [2.45, 2.75) is 39.2 Å². The molecule has 3 N–H and O–H groups in total. The van der Waals surface area contributed by atoms with Gasteiger partial charge in [0.05, 0.1) is 5.69 Å². The fourth-order valence-corrected chi connectivity index (χ4v) is 4.15. The number of benzene rings is 1. The van der Waals surface area contributed by atoms with Crippen LogP contribution in [0.5, 0.6) is 0 Å². The zero-order chi connectivity index (χ0) is 19.8. The number of hydrogen-bond acceptors (Lipinski definition) is 4. The molecule has 144 valence electrons. The van der Waals surface area contributed by atoms with Crippen LogP contribution in [0.15, 0.2) is 36.4 Å². The zero-order valence-electron chi connectivity index (χ0n) is 16.2. The number of aromatic nitrogens is 2. The van der Waals surface area contributed by atoms with E-state index in [0.717, 1.165) is 19.3 Å². The van der Waals surface area contributed by atoms with Gasteiger partial charge in [-0.15, -0.1) is 0 Å². The summed E-state index contributed by atoms with van der Waals surface area (Å²) in [4.78, 5) is 14.9. The van der Waals surface area contributed by atoms with Gasteiger partial charge in [-0.05, 0) is 49.3 Å². The van der Waals surface area contributed by atoms with E-state index in [1.165, 1.54) is 17.3 Å². The Labute approximate surface area is 164 Å². The van der Waals surface area contributed by atoms with Crippen molar-refractivity contribution in [3.63, 3.8) is 0 Å². The Morgan fingerprint density at radius 3 is 2.68 bits per heavy atom. The molecule has 0 spiro atoms. The van der Waals surface area contributed by atoms with E-state index in [1.54, 1.807) is 13.0 Å². The summed E-state index contributed by atoms with van der Waals surface area (Å²) in [6.07, 6.45) is 5.63. The fraction of sp³-hybridized carbons (Fsp3) is 0.364. The number of aromatic amines is 1. The van der Waals surface area contributed by atoms with Crippen LogP contribution in [-0.4, -0.2) is 34.1 Å². The van der Waals surface area contributed by atoms with Crippen molar-refractivity contribution in [1.29, 1.82) is 10.8 Å². The summed E-state index contributed by atoms with van der Waals surface area (Å²) < 4.78 is 0. The van der Waals surface area contributed by atoms with Gasteiger partial charge in [0, 0.05) is 35.5 Å². The maximum absolute atomic E-state index is 13.1. The Hall–Kier alpha value is -3.02. The summed E-state index contributed by atoms with van der Waals surface area (Å²) in [5.74, 6) is 1.17. The second-order valence-corrected chi connectivity index (χ2v) is 7.72. The van der Waals surface area contributed by atoms with Crippen LogP contribution in [0, 0.1) is 22.7 Å². The molecule has 0 bridgehead atoms. The number of aryl methyl sites for hydroxylation is 1. The van der Waals surface area contributed by atoms with Crippen LogP contribution >= 0.6 is 0 Å². The average molecular weight is 375 g/mol. The van der Waals surface area contributed by atoms with E-state index < -0.39 is 0 Å². The molecule has 1 saturated heterocycles. The number of hydrogen-bond donors (Lipinski definition) is 3. The topological polar surface area (TPSA) is 96.7 Å². The molecule has 1 saturated carbocycles. The minimum absolute atomic E-state index is 0.0131. The molecule has 1 aromatic carbocycles. The summed E-state index contributed by atoms with van der Waals surface area (Å²) in [6, 6.07) is 10.6. The minimum Gasteiger partial charge on any atom is -0.308 e. The third-order valence-corrected chi connectivity index (χ3v) is 5.74. The molecule has 0 radical (unpaired) electrons. The van der Waals surface area contributed by atoms with Crippen LogP contribution in [0.1, 0.15) is 37.1 Å². The Bertz CT molecular complexity index is 956. The van der Waals surface area contributed by atoms with E-state index in [1.807, 2.05) is 11.0 Å². The van der Waals surface area contributed by atoms with Crippen molar-refractivity contribution in [3.8, 4) is 0 Å². The SMILES string of the molecule is CCc1ccc(CC2C(=O)N(c3cc(/C(C=N)=C/C(C)=N)[nH]n3)C3CC23)cc1. The summed E-state index contributed by atoms with van der Waals surface area (Å²) in [7, 11) is 0. The lowest BCUT2D eigenvalue weighted by Crippen LogP contribution is -2.32. The molecule has 1 aliphatic heterocycles. The Kier molecular flexibility index (Phi) is 4.71. The fourth-order valence-electron chi connectivity index (χ4n) is 4.15. The zero-order valence-corrected chi connectivity index (χ0v) is 16.2. The van der Waals surface area contributed by atoms with Gasteiger partial charge in [0.15, 0.2) is 5.82 Å². The second kappa shape index (κ2) is 7.19. The van der Waals surface area contributed by atoms with Crippen LogP contribution in [0.4, 0.5) is 5.82 Å². The summed E-state index contributed by atoms with van der Waals surface area (Å²) >= 11 is 0. The predicted octanol–water partition coefficient (Wildman–Crippen LogP) is 3.64. The highest BCUT2D eigenvalue weighted by Crippen LogP contribution is 2.51. The highest BCUT2D eigenvalue weighted by atomic mass is 16.2. The van der Waals surface area contributed by atoms with E-state index in [0.29, 0.717) is 28.7 Å². The first-order valence-electron chi connectivity index (χ1n) is 9.75. The highest BCUT2D eigenvalue weighted by molar-refractivity contribution is 6.15. The molecule has 6 heteroatoms. The van der Waals surface area contributed by atoms with Gasteiger partial charge >= 0.3 is 0 Å². The van der Waals surface area contributed by atoms with Crippen LogP contribution < -0.4 is 4.90 Å². The first-order valence-corrected chi connectivity index (χ1v) is 9.75. The summed E-state index contributed by atoms with van der Waals surface area (Å²) in [5, 5.41) is 22.4. The number of nitrogens with one attached hydrogen (secondary N) is 3. The van der Waals surface area contributed by atoms with Crippen LogP contribution in [0.25, 0.3) is 5.57 Å². The molecule has 2 aliphatic rings. The third kappa shape index (κ3) is 3.30. The lowest BCUT2D eigenvalue weighted by molar-refractivity contribution is -0.121. The number of anilines is 1. The largest absolute Gasteiger partial charge is 0.308 e. The van der Waals surface area contributed by atoms with Crippen molar-refractivity contribution in [2.24, 2.45) is 11.8 Å². The van der Waals surface area contributed by atoms with Gasteiger partial charge in [-0.3, -0.25) is 14.8 Å². The van der Waals surface area contributed by atoms with Crippen molar-refractivity contribution in [3.05, 3.63) is 53.2 Å². The minimum atomic E-state index is 0.0131. The number of carbonyl (C=O) groups excluding carboxylic acids is 1. The van der Waals surface area contributed by atoms with Crippen molar-refractivity contribution < 1.29 is 4.79 Å². The average Bonchev–Trinajstić information content (AvgIpc) is 3.21. The predicted molar refractivity (Wildman–Crippen MR) is 111 cm³/mol. The molecule has 1 amide bonds. The smallest absolute Gasteiger partial charge is 0.232 e. The Morgan fingerprint density at radius 2 is 2.04 bits per heavy atom. The van der Waals surface area contributed by atoms with Gasteiger partial charge in [0.1, 0.15) is 0 Å². The number of nitrogens with zero attached hydrogens (tertiary/aromatic N) is 2. The first kappa shape index (κ1) is 18.3. The van der Waals surface area contributed by atoms with Crippen molar-refractivity contribution in [1.82, 2.24) is 10.2 Å².